The molecular formula is C12H13FN2O3. The van der Waals surface area contributed by atoms with Gasteiger partial charge >= 0.3 is 5.97 Å². The van der Waals surface area contributed by atoms with E-state index in [0.717, 1.165) is 0 Å². The lowest BCUT2D eigenvalue weighted by molar-refractivity contribution is -0.141. The molecule has 0 spiro atoms. The molecule has 1 aliphatic heterocycles. The van der Waals surface area contributed by atoms with Crippen molar-refractivity contribution < 1.29 is 19.1 Å². The summed E-state index contributed by atoms with van der Waals surface area (Å²) in [6, 6.07) is 4.74. The molecule has 0 radical (unpaired) electrons. The second-order valence-electron chi connectivity index (χ2n) is 4.24. The Balaban J connectivity index is 2.33. The van der Waals surface area contributed by atoms with Crippen LogP contribution in [0.2, 0.25) is 0 Å². The monoisotopic (exact) mass is 252 g/mol. The number of carboxylic acid groups (broad SMARTS) is 1. The normalized spacial score (nSPS) is 20.1. The summed E-state index contributed by atoms with van der Waals surface area (Å²) in [4.78, 5) is 25.6. The Morgan fingerprint density at radius 3 is 2.83 bits per heavy atom. The van der Waals surface area contributed by atoms with E-state index in [1.165, 1.54) is 28.0 Å². The topological polar surface area (TPSA) is 60.9 Å². The number of benzene rings is 1. The van der Waals surface area contributed by atoms with E-state index in [9.17, 15) is 14.0 Å². The molecule has 1 amide bonds. The highest BCUT2D eigenvalue weighted by Crippen LogP contribution is 2.21. The third-order valence-electron chi connectivity index (χ3n) is 2.98. The van der Waals surface area contributed by atoms with Gasteiger partial charge in [-0.3, -0.25) is 4.79 Å². The maximum Gasteiger partial charge on any atom is 0.328 e. The van der Waals surface area contributed by atoms with Gasteiger partial charge in [0.05, 0.1) is 13.1 Å². The van der Waals surface area contributed by atoms with Crippen LogP contribution in [0.3, 0.4) is 0 Å². The van der Waals surface area contributed by atoms with E-state index in [1.54, 1.807) is 13.1 Å². The number of carbonyl (C=O) groups is 2. The van der Waals surface area contributed by atoms with Crippen LogP contribution in [-0.4, -0.2) is 48.1 Å². The third kappa shape index (κ3) is 2.27. The average Bonchev–Trinajstić information content (AvgIpc) is 2.31. The predicted molar refractivity (Wildman–Crippen MR) is 62.8 cm³/mol. The van der Waals surface area contributed by atoms with Crippen LogP contribution >= 0.6 is 0 Å². The summed E-state index contributed by atoms with van der Waals surface area (Å²) in [5.74, 6) is -1.67. The van der Waals surface area contributed by atoms with Crippen LogP contribution in [0.15, 0.2) is 24.3 Å². The van der Waals surface area contributed by atoms with E-state index in [0.29, 0.717) is 5.69 Å². The van der Waals surface area contributed by atoms with Crippen LogP contribution in [0.1, 0.15) is 0 Å². The Morgan fingerprint density at radius 1 is 1.50 bits per heavy atom. The summed E-state index contributed by atoms with van der Waals surface area (Å²) >= 11 is 0. The van der Waals surface area contributed by atoms with Gasteiger partial charge in [0.2, 0.25) is 5.91 Å². The first-order valence-corrected chi connectivity index (χ1v) is 5.48. The summed E-state index contributed by atoms with van der Waals surface area (Å²) in [5, 5.41) is 9.17. The SMILES string of the molecule is CN1CC(C(=O)O)N(c2cccc(F)c2)CC1=O. The van der Waals surface area contributed by atoms with Gasteiger partial charge in [0.15, 0.2) is 0 Å². The summed E-state index contributed by atoms with van der Waals surface area (Å²) in [5.41, 5.74) is 0.406. The molecule has 1 N–H and O–H groups in total. The molecule has 1 aromatic carbocycles. The molecule has 0 bridgehead atoms. The average molecular weight is 252 g/mol. The molecule has 1 aliphatic rings. The highest BCUT2D eigenvalue weighted by atomic mass is 19.1. The number of amides is 1. The Morgan fingerprint density at radius 2 is 2.22 bits per heavy atom. The maximum atomic E-state index is 13.2. The van der Waals surface area contributed by atoms with Gasteiger partial charge in [-0.25, -0.2) is 9.18 Å². The smallest absolute Gasteiger partial charge is 0.328 e. The maximum absolute atomic E-state index is 13.2. The second-order valence-corrected chi connectivity index (χ2v) is 4.24. The van der Waals surface area contributed by atoms with Crippen molar-refractivity contribution in [3.8, 4) is 0 Å². The van der Waals surface area contributed by atoms with Crippen molar-refractivity contribution in [3.63, 3.8) is 0 Å². The molecule has 0 aliphatic carbocycles. The minimum atomic E-state index is -1.03. The fourth-order valence-corrected chi connectivity index (χ4v) is 1.97. The van der Waals surface area contributed by atoms with Crippen LogP contribution < -0.4 is 4.90 Å². The van der Waals surface area contributed by atoms with Crippen LogP contribution in [0.4, 0.5) is 10.1 Å². The van der Waals surface area contributed by atoms with Gasteiger partial charge < -0.3 is 14.9 Å². The number of carbonyl (C=O) groups excluding carboxylic acids is 1. The van der Waals surface area contributed by atoms with Gasteiger partial charge in [-0.2, -0.15) is 0 Å². The molecule has 96 valence electrons. The van der Waals surface area contributed by atoms with Gasteiger partial charge in [0.25, 0.3) is 0 Å². The molecule has 0 aromatic heterocycles. The number of hydrogen-bond acceptors (Lipinski definition) is 3. The number of likely N-dealkylation sites (N-methyl/N-ethyl adjacent to an activating group) is 1. The standard InChI is InChI=1S/C12H13FN2O3/c1-14-6-10(12(17)18)15(7-11(14)16)9-4-2-3-8(13)5-9/h2-5,10H,6-7H2,1H3,(H,17,18). The first-order chi connectivity index (χ1) is 8.49. The van der Waals surface area contributed by atoms with Crippen molar-refractivity contribution in [3.05, 3.63) is 30.1 Å². The first kappa shape index (κ1) is 12.3. The lowest BCUT2D eigenvalue weighted by Crippen LogP contribution is -2.58. The van der Waals surface area contributed by atoms with Crippen molar-refractivity contribution in [1.82, 2.24) is 4.90 Å². The second kappa shape index (κ2) is 4.64. The molecule has 6 heteroatoms. The van der Waals surface area contributed by atoms with E-state index in [1.807, 2.05) is 0 Å². The fourth-order valence-electron chi connectivity index (χ4n) is 1.97. The van der Waals surface area contributed by atoms with Gasteiger partial charge in [-0.1, -0.05) is 6.07 Å². The third-order valence-corrected chi connectivity index (χ3v) is 2.98. The van der Waals surface area contributed by atoms with Crippen molar-refractivity contribution in [2.45, 2.75) is 6.04 Å². The minimum absolute atomic E-state index is 0.0586. The molecule has 5 nitrogen and oxygen atoms in total. The fraction of sp³-hybridized carbons (Fsp3) is 0.333. The Bertz CT molecular complexity index is 492. The Hall–Kier alpha value is -2.11. The lowest BCUT2D eigenvalue weighted by Gasteiger charge is -2.38. The quantitative estimate of drug-likeness (QED) is 0.835. The molecule has 1 atom stereocenters. The zero-order valence-electron chi connectivity index (χ0n) is 9.84. The van der Waals surface area contributed by atoms with Gasteiger partial charge in [-0.05, 0) is 18.2 Å². The van der Waals surface area contributed by atoms with Crippen LogP contribution in [0.25, 0.3) is 0 Å². The van der Waals surface area contributed by atoms with Gasteiger partial charge in [0, 0.05) is 12.7 Å². The molecule has 18 heavy (non-hydrogen) atoms. The van der Waals surface area contributed by atoms with Gasteiger partial charge in [-0.15, -0.1) is 0 Å². The van der Waals surface area contributed by atoms with Crippen LogP contribution in [0, 0.1) is 5.82 Å². The summed E-state index contributed by atoms with van der Waals surface area (Å²) in [6.07, 6.45) is 0. The number of nitrogens with zero attached hydrogens (tertiary/aromatic N) is 2. The van der Waals surface area contributed by atoms with Crippen molar-refractivity contribution >= 4 is 17.6 Å². The summed E-state index contributed by atoms with van der Waals surface area (Å²) < 4.78 is 13.2. The Kier molecular flexibility index (Phi) is 3.18. The number of hydrogen-bond donors (Lipinski definition) is 1. The van der Waals surface area contributed by atoms with E-state index >= 15 is 0 Å². The number of halogens is 1. The van der Waals surface area contributed by atoms with E-state index in [4.69, 9.17) is 5.11 Å². The lowest BCUT2D eigenvalue weighted by atomic mass is 10.1. The molecule has 1 unspecified atom stereocenters. The van der Waals surface area contributed by atoms with Crippen molar-refractivity contribution in [1.29, 1.82) is 0 Å². The Labute approximate surface area is 103 Å². The molecule has 2 rings (SSSR count). The highest BCUT2D eigenvalue weighted by Gasteiger charge is 2.35. The number of aliphatic carboxylic acids is 1. The van der Waals surface area contributed by atoms with Crippen LogP contribution in [-0.2, 0) is 9.59 Å². The van der Waals surface area contributed by atoms with E-state index < -0.39 is 17.8 Å². The number of piperazine rings is 1. The molecular weight excluding hydrogens is 239 g/mol. The number of anilines is 1. The molecule has 1 aromatic rings. The molecule has 0 saturated carbocycles. The first-order valence-electron chi connectivity index (χ1n) is 5.48. The summed E-state index contributed by atoms with van der Waals surface area (Å²) in [6.45, 7) is 0.0294. The molecule has 1 fully saturated rings. The highest BCUT2D eigenvalue weighted by molar-refractivity contribution is 5.89. The van der Waals surface area contributed by atoms with E-state index in [-0.39, 0.29) is 19.0 Å². The number of carboxylic acids is 1. The zero-order chi connectivity index (χ0) is 13.3. The number of rotatable bonds is 2. The largest absolute Gasteiger partial charge is 0.480 e. The molecule has 1 heterocycles. The predicted octanol–water partition coefficient (Wildman–Crippen LogP) is 0.557. The minimum Gasteiger partial charge on any atom is -0.480 e. The van der Waals surface area contributed by atoms with Gasteiger partial charge in [0.1, 0.15) is 11.9 Å². The van der Waals surface area contributed by atoms with Crippen molar-refractivity contribution in [2.75, 3.05) is 25.0 Å². The molecule has 1 saturated heterocycles. The summed E-state index contributed by atoms with van der Waals surface area (Å²) in [7, 11) is 1.56. The van der Waals surface area contributed by atoms with Crippen molar-refractivity contribution in [2.24, 2.45) is 0 Å². The van der Waals surface area contributed by atoms with Crippen LogP contribution in [0.5, 0.6) is 0 Å². The zero-order valence-corrected chi connectivity index (χ0v) is 9.84. The van der Waals surface area contributed by atoms with E-state index in [2.05, 4.69) is 0 Å².